The Morgan fingerprint density at radius 2 is 1.60 bits per heavy atom. The van der Waals surface area contributed by atoms with Crippen molar-refractivity contribution < 1.29 is 85.8 Å². The number of rotatable bonds is 25. The molecule has 0 bridgehead atoms. The Hall–Kier alpha value is -7.39. The number of likely N-dealkylation sites (tertiary alicyclic amines) is 1. The molecule has 3 aromatic carbocycles. The molecule has 448 valence electrons. The van der Waals surface area contributed by atoms with Gasteiger partial charge in [0.25, 0.3) is 11.8 Å². The molecule has 0 radical (unpaired) electrons. The Morgan fingerprint density at radius 3 is 2.30 bits per heavy atom. The zero-order valence-electron chi connectivity index (χ0n) is 46.1. The molecule has 8 atom stereocenters. The summed E-state index contributed by atoms with van der Waals surface area (Å²) in [6.07, 6.45) is -5.58. The molecular weight excluding hydrogens is 1110 g/mol. The van der Waals surface area contributed by atoms with Crippen molar-refractivity contribution in [1.29, 1.82) is 0 Å². The summed E-state index contributed by atoms with van der Waals surface area (Å²) in [5.41, 5.74) is -0.376. The molecule has 0 aliphatic carbocycles. The molecule has 2 saturated heterocycles. The Kier molecular flexibility index (Phi) is 21.5. The third kappa shape index (κ3) is 16.5. The number of unbranched alkanes of at least 4 members (excludes halogenated alkanes) is 2. The second-order valence-corrected chi connectivity index (χ2v) is 22.4. The van der Waals surface area contributed by atoms with E-state index in [1.54, 1.807) is 10.6 Å². The molecule has 6 N–H and O–H groups in total. The predicted molar refractivity (Wildman–Crippen MR) is 292 cm³/mol. The maximum Gasteiger partial charge on any atom is 0.410 e. The largest absolute Gasteiger partial charge is 0.479 e. The zero-order valence-corrected chi connectivity index (χ0v) is 46.9. The van der Waals surface area contributed by atoms with Crippen LogP contribution in [0, 0.1) is 28.8 Å². The monoisotopic (exact) mass is 1180 g/mol. The van der Waals surface area contributed by atoms with Crippen LogP contribution in [0.4, 0.5) is 28.0 Å². The molecule has 21 nitrogen and oxygen atoms in total. The summed E-state index contributed by atoms with van der Waals surface area (Å²) in [6, 6.07) is 11.7. The number of aliphatic carboxylic acids is 1. The average Bonchev–Trinajstić information content (AvgIpc) is 2.73. The Balaban J connectivity index is 1.05. The zero-order chi connectivity index (χ0) is 60.3. The van der Waals surface area contributed by atoms with Gasteiger partial charge in [-0.05, 0) is 78.1 Å². The van der Waals surface area contributed by atoms with Gasteiger partial charge in [0.1, 0.15) is 60.1 Å². The molecule has 7 rings (SSSR count). The number of carboxylic acids is 1. The Morgan fingerprint density at radius 1 is 0.867 bits per heavy atom. The summed E-state index contributed by atoms with van der Waals surface area (Å²) in [5, 5.41) is 46.2. The van der Waals surface area contributed by atoms with Crippen molar-refractivity contribution >= 4 is 59.0 Å². The number of carboxylic acid groups (broad SMARTS) is 1. The highest BCUT2D eigenvalue weighted by molar-refractivity contribution is 7.98. The van der Waals surface area contributed by atoms with Crippen LogP contribution in [0.15, 0.2) is 79.0 Å². The number of imidazole rings is 1. The van der Waals surface area contributed by atoms with Gasteiger partial charge < -0.3 is 59.6 Å². The van der Waals surface area contributed by atoms with Gasteiger partial charge in [0.05, 0.1) is 24.0 Å². The first-order valence-electron chi connectivity index (χ1n) is 26.9. The molecule has 1 aromatic heterocycles. The fraction of sp³-hybridized carbons (Fsp3) is 0.474. The van der Waals surface area contributed by atoms with E-state index >= 15 is 8.78 Å². The number of aromatic nitrogens is 2. The van der Waals surface area contributed by atoms with E-state index in [2.05, 4.69) is 10.6 Å². The van der Waals surface area contributed by atoms with Crippen LogP contribution >= 0.6 is 11.8 Å². The number of anilines is 1. The van der Waals surface area contributed by atoms with E-state index in [0.717, 1.165) is 28.0 Å². The summed E-state index contributed by atoms with van der Waals surface area (Å²) in [7, 11) is 0. The fourth-order valence-corrected chi connectivity index (χ4v) is 10.3. The quantitative estimate of drug-likeness (QED) is 0.0272. The number of aliphatic hydroxyl groups excluding tert-OH is 3. The topological polar surface area (TPSA) is 280 Å². The van der Waals surface area contributed by atoms with Crippen LogP contribution in [0.2, 0.25) is 0 Å². The molecule has 26 heteroatoms. The number of hydrogen-bond acceptors (Lipinski definition) is 15. The standard InChI is InChI=1S/C57H67F4N7O14S/c1-57(2,3)52(53-64-41(37-25-36(59)13-14-38(37)60)30-65(53)26-32-9-8-10-35(58)23-32)68(47(73)19-22-83-4)28-34-27-66(29-39(34)61)56(79)80-31-33-12-15-42(81-55-50(76)48(74)49(75)51(82-55)54(77)78)40(24-33)63-44(70)18-20-62-43(69)11-6-5-7-21-67-45(71)16-17-46(67)72/h8-10,12-17,23-25,30,34,39,48-52,55,74-76H,5-7,11,18-22,26-29,31H2,1-4H3,(H,62,69)(H,63,70)(H,77,78). The maximum absolute atomic E-state index is 16.4. The van der Waals surface area contributed by atoms with Gasteiger partial charge in [-0.1, -0.05) is 45.4 Å². The Bertz CT molecular complexity index is 3030. The first kappa shape index (κ1) is 63.2. The van der Waals surface area contributed by atoms with Gasteiger partial charge >= 0.3 is 12.1 Å². The molecule has 0 spiro atoms. The SMILES string of the molecule is CSCCC(=O)N(CC1CN(C(=O)OCc2ccc(OC3OC(C(=O)O)C(O)C(O)C3O)c(NC(=O)CCNC(=O)CCCCCN3C(=O)C=CC3=O)c2)CC1F)C(c1nc(-c2cc(F)ccc2F)cn1Cc1cccc(F)c1)C(C)(C)C. The second kappa shape index (κ2) is 28.3. The number of hydrogen-bond donors (Lipinski definition) is 6. The summed E-state index contributed by atoms with van der Waals surface area (Å²) in [6.45, 7) is 4.28. The number of benzene rings is 3. The number of alkyl halides is 1. The van der Waals surface area contributed by atoms with E-state index in [1.165, 1.54) is 71.4 Å². The van der Waals surface area contributed by atoms with Crippen LogP contribution in [0.5, 0.6) is 5.75 Å². The van der Waals surface area contributed by atoms with Crippen molar-refractivity contribution in [3.8, 4) is 17.0 Å². The summed E-state index contributed by atoms with van der Waals surface area (Å²) < 4.78 is 79.3. The van der Waals surface area contributed by atoms with Crippen LogP contribution < -0.4 is 15.4 Å². The molecule has 4 heterocycles. The van der Waals surface area contributed by atoms with Gasteiger partial charge in [-0.25, -0.2) is 32.1 Å². The minimum atomic E-state index is -2.03. The van der Waals surface area contributed by atoms with Gasteiger partial charge in [0.2, 0.25) is 24.0 Å². The molecule has 6 amide bonds. The first-order valence-corrected chi connectivity index (χ1v) is 28.2. The normalized spacial score (nSPS) is 21.0. The highest BCUT2D eigenvalue weighted by Gasteiger charge is 2.49. The first-order chi connectivity index (χ1) is 39.4. The number of aliphatic hydroxyl groups is 3. The number of ether oxygens (including phenoxy) is 3. The highest BCUT2D eigenvalue weighted by atomic mass is 32.2. The molecule has 0 saturated carbocycles. The number of thioether (sulfide) groups is 1. The van der Waals surface area contributed by atoms with Crippen LogP contribution in [0.25, 0.3) is 11.3 Å². The number of nitrogens with zero attached hydrogens (tertiary/aromatic N) is 5. The van der Waals surface area contributed by atoms with Crippen molar-refractivity contribution in [2.24, 2.45) is 11.3 Å². The number of carbonyl (C=O) groups is 7. The molecule has 3 aliphatic rings. The summed E-state index contributed by atoms with van der Waals surface area (Å²) in [5.74, 6) is -6.47. The maximum atomic E-state index is 16.4. The van der Waals surface area contributed by atoms with E-state index in [9.17, 15) is 62.8 Å². The lowest BCUT2D eigenvalue weighted by atomic mass is 9.84. The van der Waals surface area contributed by atoms with Gasteiger partial charge in [-0.2, -0.15) is 11.8 Å². The minimum absolute atomic E-state index is 0.00735. The second-order valence-electron chi connectivity index (χ2n) is 21.5. The van der Waals surface area contributed by atoms with Crippen LogP contribution in [0.3, 0.4) is 0 Å². The van der Waals surface area contributed by atoms with Crippen molar-refractivity contribution in [3.05, 3.63) is 113 Å². The van der Waals surface area contributed by atoms with E-state index in [4.69, 9.17) is 19.2 Å². The fourth-order valence-electron chi connectivity index (χ4n) is 9.89. The lowest BCUT2D eigenvalue weighted by Crippen LogP contribution is -2.61. The van der Waals surface area contributed by atoms with Gasteiger partial charge in [0.15, 0.2) is 6.10 Å². The molecule has 83 heavy (non-hydrogen) atoms. The minimum Gasteiger partial charge on any atom is -0.479 e. The van der Waals surface area contributed by atoms with Gasteiger partial charge in [-0.15, -0.1) is 0 Å². The van der Waals surface area contributed by atoms with Gasteiger partial charge in [-0.3, -0.25) is 28.9 Å². The molecular formula is C57H67F4N7O14S. The van der Waals surface area contributed by atoms with Crippen LogP contribution in [-0.4, -0.2) is 168 Å². The van der Waals surface area contributed by atoms with E-state index in [1.807, 2.05) is 27.0 Å². The number of carbonyl (C=O) groups excluding carboxylic acids is 6. The lowest BCUT2D eigenvalue weighted by molar-refractivity contribution is -0.271. The van der Waals surface area contributed by atoms with Gasteiger partial charge in [0, 0.05) is 87.6 Å². The molecule has 4 aromatic rings. The predicted octanol–water partition coefficient (Wildman–Crippen LogP) is 5.49. The van der Waals surface area contributed by atoms with Crippen molar-refractivity contribution in [2.45, 2.75) is 115 Å². The number of nitrogens with one attached hydrogen (secondary N) is 2. The smallest absolute Gasteiger partial charge is 0.410 e. The van der Waals surface area contributed by atoms with Crippen molar-refractivity contribution in [2.75, 3.05) is 50.0 Å². The van der Waals surface area contributed by atoms with E-state index in [0.29, 0.717) is 30.6 Å². The number of amides is 6. The van der Waals surface area contributed by atoms with Crippen LogP contribution in [0.1, 0.15) is 82.3 Å². The highest BCUT2D eigenvalue weighted by Crippen LogP contribution is 2.41. The van der Waals surface area contributed by atoms with E-state index in [-0.39, 0.29) is 97.9 Å². The molecule has 3 aliphatic heterocycles. The van der Waals surface area contributed by atoms with Crippen molar-refractivity contribution in [1.82, 2.24) is 29.6 Å². The van der Waals surface area contributed by atoms with Crippen molar-refractivity contribution in [3.63, 3.8) is 0 Å². The average molecular weight is 1180 g/mol. The number of halogens is 4. The third-order valence-corrected chi connectivity index (χ3v) is 14.7. The molecule has 8 unspecified atom stereocenters. The Labute approximate surface area is 479 Å². The summed E-state index contributed by atoms with van der Waals surface area (Å²) in [4.78, 5) is 98.1. The van der Waals surface area contributed by atoms with E-state index < -0.39 is 115 Å². The third-order valence-electron chi connectivity index (χ3n) is 14.1. The number of imide groups is 1. The lowest BCUT2D eigenvalue weighted by Gasteiger charge is -2.41. The molecule has 2 fully saturated rings. The summed E-state index contributed by atoms with van der Waals surface area (Å²) >= 11 is 1.41. The van der Waals surface area contributed by atoms with Crippen LogP contribution in [-0.2, 0) is 51.4 Å².